The van der Waals surface area contributed by atoms with Crippen LogP contribution in [0.4, 0.5) is 0 Å². The van der Waals surface area contributed by atoms with E-state index >= 15 is 0 Å². The summed E-state index contributed by atoms with van der Waals surface area (Å²) in [4.78, 5) is 0. The van der Waals surface area contributed by atoms with Crippen LogP contribution in [0.2, 0.25) is 5.02 Å². The third kappa shape index (κ3) is 4.45. The fourth-order valence-electron chi connectivity index (χ4n) is 2.36. The number of rotatable bonds is 8. The van der Waals surface area contributed by atoms with Crippen molar-refractivity contribution in [2.75, 3.05) is 13.2 Å². The molecule has 0 atom stereocenters. The van der Waals surface area contributed by atoms with Gasteiger partial charge in [0.1, 0.15) is 0 Å². The van der Waals surface area contributed by atoms with E-state index < -0.39 is 7.60 Å². The number of hydrogen-bond donors (Lipinski definition) is 0. The molecular weight excluding hydrogens is 337 g/mol. The van der Waals surface area contributed by atoms with Gasteiger partial charge in [-0.3, -0.25) is 4.57 Å². The molecule has 0 aliphatic heterocycles. The molecule has 7 heteroatoms. The van der Waals surface area contributed by atoms with Gasteiger partial charge in [0.25, 0.3) is 0 Å². The van der Waals surface area contributed by atoms with E-state index in [9.17, 15) is 4.57 Å². The first-order valence-corrected chi connectivity index (χ1v) is 9.75. The van der Waals surface area contributed by atoms with Crippen LogP contribution in [0.5, 0.6) is 0 Å². The highest BCUT2D eigenvalue weighted by Gasteiger charge is 2.29. The maximum atomic E-state index is 12.7. The van der Waals surface area contributed by atoms with Crippen molar-refractivity contribution >= 4 is 19.2 Å². The van der Waals surface area contributed by atoms with Crippen LogP contribution < -0.4 is 0 Å². The molecule has 0 spiro atoms. The first kappa shape index (κ1) is 18.2. The van der Waals surface area contributed by atoms with Crippen LogP contribution in [0.15, 0.2) is 28.8 Å². The van der Waals surface area contributed by atoms with Crippen molar-refractivity contribution in [3.8, 4) is 11.3 Å². The number of aromatic nitrogens is 1. The molecule has 0 fully saturated rings. The molecule has 2 rings (SSSR count). The average Bonchev–Trinajstić information content (AvgIpc) is 2.90. The van der Waals surface area contributed by atoms with Crippen LogP contribution >= 0.6 is 19.2 Å². The third-order valence-corrected chi connectivity index (χ3v) is 5.57. The molecule has 0 N–H and O–H groups in total. The number of benzene rings is 1. The molecule has 0 saturated heterocycles. The van der Waals surface area contributed by atoms with E-state index in [-0.39, 0.29) is 6.16 Å². The van der Waals surface area contributed by atoms with Crippen LogP contribution in [-0.2, 0) is 26.2 Å². The van der Waals surface area contributed by atoms with Crippen molar-refractivity contribution < 1.29 is 18.1 Å². The monoisotopic (exact) mass is 357 g/mol. The molecule has 1 heterocycles. The van der Waals surface area contributed by atoms with Crippen molar-refractivity contribution in [2.24, 2.45) is 0 Å². The Kier molecular flexibility index (Phi) is 6.42. The van der Waals surface area contributed by atoms with E-state index in [1.165, 1.54) is 0 Å². The summed E-state index contributed by atoms with van der Waals surface area (Å²) in [5, 5.41) is 4.75. The van der Waals surface area contributed by atoms with E-state index in [4.69, 9.17) is 25.2 Å². The first-order chi connectivity index (χ1) is 11.0. The largest absolute Gasteiger partial charge is 0.356 e. The molecule has 5 nitrogen and oxygen atoms in total. The summed E-state index contributed by atoms with van der Waals surface area (Å²) in [6.45, 7) is 6.21. The minimum absolute atomic E-state index is 0.106. The lowest BCUT2D eigenvalue weighted by Crippen LogP contribution is -2.01. The molecule has 126 valence electrons. The number of nitrogens with zero attached hydrogens (tertiary/aromatic N) is 1. The second-order valence-electron chi connectivity index (χ2n) is 4.90. The van der Waals surface area contributed by atoms with Gasteiger partial charge in [-0.15, -0.1) is 0 Å². The Morgan fingerprint density at radius 3 is 2.26 bits per heavy atom. The molecule has 23 heavy (non-hydrogen) atoms. The quantitative estimate of drug-likeness (QED) is 0.598. The lowest BCUT2D eigenvalue weighted by atomic mass is 10.1. The lowest BCUT2D eigenvalue weighted by Gasteiger charge is -2.16. The maximum Gasteiger partial charge on any atom is 0.336 e. The van der Waals surface area contributed by atoms with Gasteiger partial charge in [-0.1, -0.05) is 23.7 Å². The Hall–Kier alpha value is -1.13. The minimum atomic E-state index is -3.21. The summed E-state index contributed by atoms with van der Waals surface area (Å²) in [7, 11) is -3.21. The summed E-state index contributed by atoms with van der Waals surface area (Å²) >= 11 is 5.92. The van der Waals surface area contributed by atoms with Crippen molar-refractivity contribution in [3.05, 3.63) is 40.5 Å². The minimum Gasteiger partial charge on any atom is -0.356 e. The zero-order chi connectivity index (χ0) is 16.9. The van der Waals surface area contributed by atoms with Crippen molar-refractivity contribution in [1.82, 2.24) is 5.16 Å². The van der Waals surface area contributed by atoms with Crippen LogP contribution in [0, 0.1) is 0 Å². The smallest absolute Gasteiger partial charge is 0.336 e. The molecule has 0 aliphatic carbocycles. The van der Waals surface area contributed by atoms with Gasteiger partial charge < -0.3 is 13.6 Å². The molecule has 0 unspecified atom stereocenters. The van der Waals surface area contributed by atoms with Gasteiger partial charge in [-0.25, -0.2) is 0 Å². The second kappa shape index (κ2) is 8.11. The molecule has 2 aromatic rings. The topological polar surface area (TPSA) is 61.6 Å². The molecule has 1 aromatic heterocycles. The second-order valence-corrected chi connectivity index (χ2v) is 7.39. The van der Waals surface area contributed by atoms with Gasteiger partial charge in [-0.05, 0) is 44.5 Å². The Morgan fingerprint density at radius 2 is 1.74 bits per heavy atom. The van der Waals surface area contributed by atoms with E-state index in [1.807, 2.05) is 19.1 Å². The SMILES string of the molecule is CCOP(=O)(Cc1noc(-c2ccc(Cl)cc2)c1CC)OCC. The standard InChI is InChI=1S/C16H21ClNO4P/c1-4-14-15(11-23(19,20-5-2)21-6-3)18-22-16(14)12-7-9-13(17)10-8-12/h7-10H,4-6,11H2,1-3H3. The van der Waals surface area contributed by atoms with Gasteiger partial charge in [0.15, 0.2) is 5.76 Å². The lowest BCUT2D eigenvalue weighted by molar-refractivity contribution is 0.218. The van der Waals surface area contributed by atoms with Crippen LogP contribution in [0.1, 0.15) is 32.0 Å². The highest BCUT2D eigenvalue weighted by Crippen LogP contribution is 2.52. The molecule has 0 radical (unpaired) electrons. The normalized spacial score (nSPS) is 11.8. The van der Waals surface area contributed by atoms with E-state index in [0.29, 0.717) is 36.1 Å². The average molecular weight is 358 g/mol. The zero-order valence-electron chi connectivity index (χ0n) is 13.5. The van der Waals surface area contributed by atoms with E-state index in [1.54, 1.807) is 26.0 Å². The Labute approximate surface area is 141 Å². The van der Waals surface area contributed by atoms with E-state index in [0.717, 1.165) is 11.1 Å². The highest BCUT2D eigenvalue weighted by atomic mass is 35.5. The molecule has 1 aromatic carbocycles. The van der Waals surface area contributed by atoms with Crippen molar-refractivity contribution in [3.63, 3.8) is 0 Å². The summed E-state index contributed by atoms with van der Waals surface area (Å²) < 4.78 is 28.9. The van der Waals surface area contributed by atoms with Crippen molar-refractivity contribution in [2.45, 2.75) is 33.4 Å². The Morgan fingerprint density at radius 1 is 1.13 bits per heavy atom. The zero-order valence-corrected chi connectivity index (χ0v) is 15.2. The molecule has 0 saturated carbocycles. The summed E-state index contributed by atoms with van der Waals surface area (Å²) in [5.74, 6) is 0.665. The van der Waals surface area contributed by atoms with Gasteiger partial charge in [0.2, 0.25) is 0 Å². The molecule has 0 amide bonds. The highest BCUT2D eigenvalue weighted by molar-refractivity contribution is 7.53. The fourth-order valence-corrected chi connectivity index (χ4v) is 4.15. The predicted octanol–water partition coefficient (Wildman–Crippen LogP) is 5.32. The van der Waals surface area contributed by atoms with E-state index in [2.05, 4.69) is 5.16 Å². The molecule has 0 aliphatic rings. The van der Waals surface area contributed by atoms with Gasteiger partial charge in [-0.2, -0.15) is 0 Å². The summed E-state index contributed by atoms with van der Waals surface area (Å²) in [6.07, 6.45) is 0.810. The fraction of sp³-hybridized carbons (Fsp3) is 0.438. The molecule has 0 bridgehead atoms. The summed E-state index contributed by atoms with van der Waals surface area (Å²) in [6, 6.07) is 7.33. The van der Waals surface area contributed by atoms with Crippen LogP contribution in [0.3, 0.4) is 0 Å². The Bertz CT molecular complexity index is 674. The van der Waals surface area contributed by atoms with Gasteiger partial charge in [0, 0.05) is 16.1 Å². The van der Waals surface area contributed by atoms with Crippen LogP contribution in [0.25, 0.3) is 11.3 Å². The number of hydrogen-bond acceptors (Lipinski definition) is 5. The maximum absolute atomic E-state index is 12.7. The van der Waals surface area contributed by atoms with Crippen molar-refractivity contribution in [1.29, 1.82) is 0 Å². The molecular formula is C16H21ClNO4P. The first-order valence-electron chi connectivity index (χ1n) is 7.64. The number of halogens is 1. The Balaban J connectivity index is 2.34. The predicted molar refractivity (Wildman–Crippen MR) is 90.9 cm³/mol. The van der Waals surface area contributed by atoms with Gasteiger partial charge >= 0.3 is 7.60 Å². The van der Waals surface area contributed by atoms with Crippen LogP contribution in [-0.4, -0.2) is 18.4 Å². The van der Waals surface area contributed by atoms with Gasteiger partial charge in [0.05, 0.1) is 25.1 Å². The third-order valence-electron chi connectivity index (χ3n) is 3.32. The summed E-state index contributed by atoms with van der Waals surface area (Å²) in [5.41, 5.74) is 2.40.